The average Bonchev–Trinajstić information content (AvgIpc) is 3.19. The molecule has 0 spiro atoms. The third-order valence-corrected chi connectivity index (χ3v) is 4.29. The van der Waals surface area contributed by atoms with Crippen LogP contribution in [0.1, 0.15) is 43.5 Å². The minimum atomic E-state index is 0.00433. The van der Waals surface area contributed by atoms with Gasteiger partial charge in [0.2, 0.25) is 5.89 Å². The molecule has 1 heterocycles. The maximum Gasteiger partial charge on any atom is 0.228 e. The first-order valence-electron chi connectivity index (χ1n) is 7.34. The van der Waals surface area contributed by atoms with Crippen molar-refractivity contribution in [3.63, 3.8) is 0 Å². The topological polar surface area (TPSA) is 51.0 Å². The fourth-order valence-corrected chi connectivity index (χ4v) is 2.72. The molecule has 20 heavy (non-hydrogen) atoms. The van der Waals surface area contributed by atoms with Gasteiger partial charge in [0.15, 0.2) is 5.82 Å². The minimum Gasteiger partial charge on any atom is -0.339 e. The standard InChI is InChI=1S/C16H21N3O/c1-3-13(17-2)11-14-18-15(19-20-14)16(9-10-16)12-7-5-4-6-8-12/h4-8,13,17H,3,9-11H2,1-2H3. The zero-order valence-electron chi connectivity index (χ0n) is 12.1. The van der Waals surface area contributed by atoms with Gasteiger partial charge in [-0.05, 0) is 31.9 Å². The Balaban J connectivity index is 1.80. The zero-order chi connectivity index (χ0) is 14.0. The van der Waals surface area contributed by atoms with Crippen molar-refractivity contribution in [2.45, 2.75) is 44.1 Å². The first kappa shape index (κ1) is 13.3. The number of hydrogen-bond donors (Lipinski definition) is 1. The number of benzene rings is 1. The van der Waals surface area contributed by atoms with Crippen LogP contribution < -0.4 is 5.32 Å². The first-order chi connectivity index (χ1) is 9.78. The number of likely N-dealkylation sites (N-methyl/N-ethyl adjacent to an activating group) is 1. The van der Waals surface area contributed by atoms with Crippen molar-refractivity contribution in [3.05, 3.63) is 47.6 Å². The summed E-state index contributed by atoms with van der Waals surface area (Å²) in [6.45, 7) is 2.16. The van der Waals surface area contributed by atoms with Crippen molar-refractivity contribution < 1.29 is 4.52 Å². The second-order valence-electron chi connectivity index (χ2n) is 5.56. The largest absolute Gasteiger partial charge is 0.339 e. The van der Waals surface area contributed by atoms with Crippen LogP contribution in [0.2, 0.25) is 0 Å². The van der Waals surface area contributed by atoms with Gasteiger partial charge in [-0.1, -0.05) is 42.4 Å². The van der Waals surface area contributed by atoms with Gasteiger partial charge >= 0.3 is 0 Å². The molecular weight excluding hydrogens is 250 g/mol. The van der Waals surface area contributed by atoms with E-state index < -0.39 is 0 Å². The van der Waals surface area contributed by atoms with E-state index in [0.717, 1.165) is 37.4 Å². The van der Waals surface area contributed by atoms with Crippen LogP contribution in [0.15, 0.2) is 34.9 Å². The van der Waals surface area contributed by atoms with E-state index in [1.54, 1.807) is 0 Å². The molecule has 1 aromatic heterocycles. The summed E-state index contributed by atoms with van der Waals surface area (Å²) in [4.78, 5) is 4.64. The molecule has 1 fully saturated rings. The van der Waals surface area contributed by atoms with Crippen molar-refractivity contribution in [1.82, 2.24) is 15.5 Å². The summed E-state index contributed by atoms with van der Waals surface area (Å²) >= 11 is 0. The predicted octanol–water partition coefficient (Wildman–Crippen LogP) is 2.69. The van der Waals surface area contributed by atoms with E-state index in [1.165, 1.54) is 5.56 Å². The number of aromatic nitrogens is 2. The van der Waals surface area contributed by atoms with Gasteiger partial charge in [0, 0.05) is 12.5 Å². The Bertz CT molecular complexity index is 556. The molecular formula is C16H21N3O. The van der Waals surface area contributed by atoms with E-state index >= 15 is 0 Å². The molecule has 4 nitrogen and oxygen atoms in total. The second kappa shape index (κ2) is 5.37. The van der Waals surface area contributed by atoms with Crippen molar-refractivity contribution >= 4 is 0 Å². The molecule has 1 aliphatic rings. The highest BCUT2D eigenvalue weighted by molar-refractivity contribution is 5.38. The third kappa shape index (κ3) is 2.36. The molecule has 1 N–H and O–H groups in total. The van der Waals surface area contributed by atoms with Gasteiger partial charge in [-0.25, -0.2) is 0 Å². The SMILES string of the molecule is CCC(Cc1nc(C2(c3ccccc3)CC2)no1)NC. The van der Waals surface area contributed by atoms with Gasteiger partial charge in [0.25, 0.3) is 0 Å². The molecule has 1 saturated carbocycles. The normalized spacial score (nSPS) is 17.9. The first-order valence-corrected chi connectivity index (χ1v) is 7.34. The van der Waals surface area contributed by atoms with Crippen LogP contribution in [0, 0.1) is 0 Å². The van der Waals surface area contributed by atoms with Gasteiger partial charge in [-0.15, -0.1) is 0 Å². The number of nitrogens with one attached hydrogen (secondary N) is 1. The van der Waals surface area contributed by atoms with E-state index in [2.05, 4.69) is 46.6 Å². The summed E-state index contributed by atoms with van der Waals surface area (Å²) in [5, 5.41) is 7.50. The zero-order valence-corrected chi connectivity index (χ0v) is 12.1. The van der Waals surface area contributed by atoms with Gasteiger partial charge in [0.05, 0.1) is 5.41 Å². The van der Waals surface area contributed by atoms with Gasteiger partial charge in [-0.3, -0.25) is 0 Å². The van der Waals surface area contributed by atoms with Gasteiger partial charge in [-0.2, -0.15) is 4.98 Å². The fraction of sp³-hybridized carbons (Fsp3) is 0.500. The Morgan fingerprint density at radius 2 is 2.05 bits per heavy atom. The van der Waals surface area contributed by atoms with Crippen LogP contribution in [-0.2, 0) is 11.8 Å². The predicted molar refractivity (Wildman–Crippen MR) is 77.6 cm³/mol. The van der Waals surface area contributed by atoms with Crippen LogP contribution >= 0.6 is 0 Å². The Morgan fingerprint density at radius 3 is 2.65 bits per heavy atom. The number of rotatable bonds is 6. The van der Waals surface area contributed by atoms with Crippen molar-refractivity contribution in [2.75, 3.05) is 7.05 Å². The molecule has 1 aliphatic carbocycles. The summed E-state index contributed by atoms with van der Waals surface area (Å²) in [6.07, 6.45) is 4.07. The maximum absolute atomic E-state index is 5.45. The Labute approximate surface area is 119 Å². The molecule has 0 amide bonds. The maximum atomic E-state index is 5.45. The molecule has 1 unspecified atom stereocenters. The van der Waals surface area contributed by atoms with Crippen LogP contribution in [0.4, 0.5) is 0 Å². The van der Waals surface area contributed by atoms with Gasteiger partial charge < -0.3 is 9.84 Å². The van der Waals surface area contributed by atoms with Crippen LogP contribution in [0.3, 0.4) is 0 Å². The third-order valence-electron chi connectivity index (χ3n) is 4.29. The molecule has 0 radical (unpaired) electrons. The molecule has 0 bridgehead atoms. The highest BCUT2D eigenvalue weighted by Gasteiger charge is 2.49. The quantitative estimate of drug-likeness (QED) is 0.877. The van der Waals surface area contributed by atoms with Crippen molar-refractivity contribution in [1.29, 1.82) is 0 Å². The Kier molecular flexibility index (Phi) is 3.57. The highest BCUT2D eigenvalue weighted by atomic mass is 16.5. The monoisotopic (exact) mass is 271 g/mol. The Hall–Kier alpha value is -1.68. The summed E-state index contributed by atoms with van der Waals surface area (Å²) in [5.41, 5.74) is 1.30. The summed E-state index contributed by atoms with van der Waals surface area (Å²) in [5.74, 6) is 1.59. The van der Waals surface area contributed by atoms with Crippen LogP contribution in [0.25, 0.3) is 0 Å². The lowest BCUT2D eigenvalue weighted by atomic mass is 9.95. The summed E-state index contributed by atoms with van der Waals surface area (Å²) < 4.78 is 5.45. The van der Waals surface area contributed by atoms with Crippen LogP contribution in [-0.4, -0.2) is 23.2 Å². The molecule has 106 valence electrons. The van der Waals surface area contributed by atoms with Crippen molar-refractivity contribution in [3.8, 4) is 0 Å². The number of nitrogens with zero attached hydrogens (tertiary/aromatic N) is 2. The van der Waals surface area contributed by atoms with Gasteiger partial charge in [0.1, 0.15) is 0 Å². The lowest BCUT2D eigenvalue weighted by Gasteiger charge is -2.11. The molecule has 1 atom stereocenters. The fourth-order valence-electron chi connectivity index (χ4n) is 2.72. The molecule has 1 aromatic carbocycles. The van der Waals surface area contributed by atoms with Crippen LogP contribution in [0.5, 0.6) is 0 Å². The van der Waals surface area contributed by atoms with E-state index in [4.69, 9.17) is 4.52 Å². The number of hydrogen-bond acceptors (Lipinski definition) is 4. The van der Waals surface area contributed by atoms with E-state index in [-0.39, 0.29) is 5.41 Å². The minimum absolute atomic E-state index is 0.00433. The lowest BCUT2D eigenvalue weighted by Crippen LogP contribution is -2.26. The van der Waals surface area contributed by atoms with E-state index in [0.29, 0.717) is 6.04 Å². The lowest BCUT2D eigenvalue weighted by molar-refractivity contribution is 0.353. The van der Waals surface area contributed by atoms with E-state index in [9.17, 15) is 0 Å². The second-order valence-corrected chi connectivity index (χ2v) is 5.56. The van der Waals surface area contributed by atoms with Crippen molar-refractivity contribution in [2.24, 2.45) is 0 Å². The molecule has 0 saturated heterocycles. The summed E-state index contributed by atoms with van der Waals surface area (Å²) in [6, 6.07) is 10.9. The smallest absolute Gasteiger partial charge is 0.228 e. The Morgan fingerprint density at radius 1 is 1.30 bits per heavy atom. The average molecular weight is 271 g/mol. The summed E-state index contributed by atoms with van der Waals surface area (Å²) in [7, 11) is 1.97. The molecule has 4 heteroatoms. The molecule has 2 aromatic rings. The highest BCUT2D eigenvalue weighted by Crippen LogP contribution is 2.52. The van der Waals surface area contributed by atoms with E-state index in [1.807, 2.05) is 13.1 Å². The molecule has 3 rings (SSSR count). The molecule has 0 aliphatic heterocycles.